The van der Waals surface area contributed by atoms with E-state index in [-0.39, 0.29) is 16.5 Å². The Bertz CT molecular complexity index is 1320. The predicted molar refractivity (Wildman–Crippen MR) is 103 cm³/mol. The van der Waals surface area contributed by atoms with Gasteiger partial charge in [-0.25, -0.2) is 0 Å². The lowest BCUT2D eigenvalue weighted by Gasteiger charge is -2.09. The second kappa shape index (κ2) is 6.56. The maximum Gasteiger partial charge on any atom is 0.290 e. The lowest BCUT2D eigenvalue weighted by atomic mass is 10.1. The summed E-state index contributed by atoms with van der Waals surface area (Å²) in [5.74, 6) is 0. The summed E-state index contributed by atoms with van der Waals surface area (Å²) in [7, 11) is 0. The van der Waals surface area contributed by atoms with E-state index < -0.39 is 11.1 Å². The van der Waals surface area contributed by atoms with Gasteiger partial charge < -0.3 is 4.98 Å². The van der Waals surface area contributed by atoms with Crippen molar-refractivity contribution in [3.8, 4) is 23.0 Å². The number of H-pyrrole nitrogens is 1. The van der Waals surface area contributed by atoms with E-state index in [1.807, 2.05) is 36.4 Å². The molecule has 0 aliphatic rings. The molecule has 0 fully saturated rings. The largest absolute Gasteiger partial charge is 0.320 e. The van der Waals surface area contributed by atoms with Gasteiger partial charge in [0.15, 0.2) is 5.52 Å². The average Bonchev–Trinajstić information content (AvgIpc) is 2.69. The Morgan fingerprint density at radius 1 is 1.04 bits per heavy atom. The van der Waals surface area contributed by atoms with Crippen molar-refractivity contribution in [2.24, 2.45) is 0 Å². The van der Waals surface area contributed by atoms with Gasteiger partial charge in [0.05, 0.1) is 5.69 Å². The summed E-state index contributed by atoms with van der Waals surface area (Å²) < 4.78 is 1.04. The topological polar surface area (TPSA) is 91.5 Å². The molecule has 0 atom stereocenters. The van der Waals surface area contributed by atoms with Gasteiger partial charge in [0.1, 0.15) is 11.6 Å². The van der Waals surface area contributed by atoms with Gasteiger partial charge in [-0.15, -0.1) is 0 Å². The molecule has 7 heteroatoms. The first kappa shape index (κ1) is 16.8. The first-order valence-electron chi connectivity index (χ1n) is 8.00. The van der Waals surface area contributed by atoms with Crippen LogP contribution in [0.3, 0.4) is 0 Å². The number of rotatable bonds is 2. The number of hydrogen-bond donors (Lipinski definition) is 1. The third-order valence-electron chi connectivity index (χ3n) is 4.15. The van der Waals surface area contributed by atoms with Crippen LogP contribution < -0.4 is 11.1 Å². The Kier molecular flexibility index (Phi) is 4.07. The fraction of sp³-hybridized carbons (Fsp3) is 0. The van der Waals surface area contributed by atoms with Crippen LogP contribution in [0.5, 0.6) is 0 Å². The minimum absolute atomic E-state index is 0.0146. The molecule has 2 aromatic heterocycles. The summed E-state index contributed by atoms with van der Waals surface area (Å²) in [6.45, 7) is 0. The van der Waals surface area contributed by atoms with E-state index >= 15 is 0 Å². The highest BCUT2D eigenvalue weighted by Gasteiger charge is 2.16. The quantitative estimate of drug-likeness (QED) is 0.583. The minimum atomic E-state index is -0.600. The van der Waals surface area contributed by atoms with Crippen LogP contribution in [0.15, 0.2) is 70.3 Å². The Labute approximate surface area is 157 Å². The summed E-state index contributed by atoms with van der Waals surface area (Å²) in [6.07, 6.45) is 0. The molecule has 1 N–H and O–H groups in total. The standard InChI is InChI=1S/C20H11ClN4O2/c21-13-6-8-14(9-7-13)25-20(27)16(11-22)15-10-17(12-4-2-1-3-5-12)23-19(26)18(15)24-25/h1-10H,(H,23,26). The molecule has 0 saturated heterocycles. The lowest BCUT2D eigenvalue weighted by molar-refractivity contribution is 0.824. The molecule has 0 radical (unpaired) electrons. The van der Waals surface area contributed by atoms with Crippen molar-refractivity contribution >= 4 is 22.5 Å². The number of hydrogen-bond acceptors (Lipinski definition) is 4. The number of nitrogens with one attached hydrogen (secondary N) is 1. The maximum atomic E-state index is 12.8. The van der Waals surface area contributed by atoms with Crippen molar-refractivity contribution in [3.63, 3.8) is 0 Å². The van der Waals surface area contributed by atoms with Crippen LogP contribution in [0.4, 0.5) is 0 Å². The zero-order valence-corrected chi connectivity index (χ0v) is 14.6. The second-order valence-electron chi connectivity index (χ2n) is 5.82. The van der Waals surface area contributed by atoms with Crippen LogP contribution in [-0.2, 0) is 0 Å². The SMILES string of the molecule is N#Cc1c(=O)n(-c2ccc(Cl)cc2)nc2c(=O)[nH]c(-c3ccccc3)cc12. The number of pyridine rings is 1. The van der Waals surface area contributed by atoms with Gasteiger partial charge in [-0.2, -0.15) is 15.0 Å². The van der Waals surface area contributed by atoms with Crippen LogP contribution in [0.2, 0.25) is 5.02 Å². The number of aromatic nitrogens is 3. The monoisotopic (exact) mass is 374 g/mol. The molecule has 0 bridgehead atoms. The third kappa shape index (κ3) is 2.90. The van der Waals surface area contributed by atoms with E-state index in [0.29, 0.717) is 16.4 Å². The highest BCUT2D eigenvalue weighted by Crippen LogP contribution is 2.20. The van der Waals surface area contributed by atoms with Gasteiger partial charge >= 0.3 is 0 Å². The number of benzene rings is 2. The first-order valence-corrected chi connectivity index (χ1v) is 8.38. The molecule has 0 aliphatic heterocycles. The van der Waals surface area contributed by atoms with Crippen LogP contribution >= 0.6 is 11.6 Å². The third-order valence-corrected chi connectivity index (χ3v) is 4.40. The molecule has 130 valence electrons. The molecule has 4 rings (SSSR count). The normalized spacial score (nSPS) is 10.7. The van der Waals surface area contributed by atoms with Gasteiger partial charge in [-0.3, -0.25) is 9.59 Å². The van der Waals surface area contributed by atoms with Gasteiger partial charge in [0, 0.05) is 16.1 Å². The summed E-state index contributed by atoms with van der Waals surface area (Å²) in [4.78, 5) is 28.2. The van der Waals surface area contributed by atoms with Crippen molar-refractivity contribution in [1.29, 1.82) is 5.26 Å². The van der Waals surface area contributed by atoms with Gasteiger partial charge in [-0.05, 0) is 35.9 Å². The van der Waals surface area contributed by atoms with Crippen LogP contribution in [0, 0.1) is 11.3 Å². The van der Waals surface area contributed by atoms with E-state index in [4.69, 9.17) is 11.6 Å². The Morgan fingerprint density at radius 3 is 2.41 bits per heavy atom. The summed E-state index contributed by atoms with van der Waals surface area (Å²) >= 11 is 5.88. The van der Waals surface area contributed by atoms with Crippen molar-refractivity contribution in [1.82, 2.24) is 14.8 Å². The molecule has 0 unspecified atom stereocenters. The van der Waals surface area contributed by atoms with Crippen molar-refractivity contribution in [2.75, 3.05) is 0 Å². The van der Waals surface area contributed by atoms with Gasteiger partial charge in [0.25, 0.3) is 11.1 Å². The lowest BCUT2D eigenvalue weighted by Crippen LogP contribution is -2.26. The van der Waals surface area contributed by atoms with Crippen molar-refractivity contribution < 1.29 is 0 Å². The summed E-state index contributed by atoms with van der Waals surface area (Å²) in [6, 6.07) is 19.1. The minimum Gasteiger partial charge on any atom is -0.320 e. The summed E-state index contributed by atoms with van der Waals surface area (Å²) in [5.41, 5.74) is 0.480. The zero-order valence-electron chi connectivity index (χ0n) is 13.8. The molecular weight excluding hydrogens is 364 g/mol. The van der Waals surface area contributed by atoms with Gasteiger partial charge in [0.2, 0.25) is 0 Å². The zero-order chi connectivity index (χ0) is 19.0. The Balaban J connectivity index is 2.05. The highest BCUT2D eigenvalue weighted by molar-refractivity contribution is 6.30. The number of fused-ring (bicyclic) bond motifs is 1. The van der Waals surface area contributed by atoms with E-state index in [2.05, 4.69) is 10.1 Å². The average molecular weight is 375 g/mol. The molecule has 2 heterocycles. The van der Waals surface area contributed by atoms with Gasteiger partial charge in [-0.1, -0.05) is 41.9 Å². The van der Waals surface area contributed by atoms with Crippen LogP contribution in [-0.4, -0.2) is 14.8 Å². The van der Waals surface area contributed by atoms with Crippen LogP contribution in [0.1, 0.15) is 5.56 Å². The van der Waals surface area contributed by atoms with E-state index in [1.165, 1.54) is 0 Å². The van der Waals surface area contributed by atoms with E-state index in [9.17, 15) is 14.9 Å². The molecule has 2 aromatic carbocycles. The highest BCUT2D eigenvalue weighted by atomic mass is 35.5. The fourth-order valence-corrected chi connectivity index (χ4v) is 2.97. The smallest absolute Gasteiger partial charge is 0.290 e. The number of nitriles is 1. The summed E-state index contributed by atoms with van der Waals surface area (Å²) in [5, 5.41) is 14.5. The number of halogens is 1. The molecule has 0 aliphatic carbocycles. The molecule has 0 amide bonds. The van der Waals surface area contributed by atoms with Crippen LogP contribution in [0.25, 0.3) is 27.8 Å². The molecule has 6 nitrogen and oxygen atoms in total. The first-order chi connectivity index (χ1) is 13.1. The van der Waals surface area contributed by atoms with E-state index in [0.717, 1.165) is 10.2 Å². The van der Waals surface area contributed by atoms with E-state index in [1.54, 1.807) is 30.3 Å². The molecular formula is C20H11ClN4O2. The molecule has 27 heavy (non-hydrogen) atoms. The predicted octanol–water partition coefficient (Wildman–Crippen LogP) is 3.27. The second-order valence-corrected chi connectivity index (χ2v) is 6.26. The number of nitrogens with zero attached hydrogens (tertiary/aromatic N) is 3. The molecule has 0 spiro atoms. The Hall–Kier alpha value is -3.69. The molecule has 4 aromatic rings. The van der Waals surface area contributed by atoms with Crippen molar-refractivity contribution in [2.45, 2.75) is 0 Å². The number of aromatic amines is 1. The maximum absolute atomic E-state index is 12.8. The fourth-order valence-electron chi connectivity index (χ4n) is 2.85. The van der Waals surface area contributed by atoms with Crippen molar-refractivity contribution in [3.05, 3.63) is 92.0 Å². The Morgan fingerprint density at radius 2 is 1.74 bits per heavy atom. The molecule has 0 saturated carbocycles.